The van der Waals surface area contributed by atoms with Crippen molar-refractivity contribution >= 4 is 43.0 Å². The Bertz CT molecular complexity index is 852. The van der Waals surface area contributed by atoms with Gasteiger partial charge in [0.2, 0.25) is 4.96 Å². The summed E-state index contributed by atoms with van der Waals surface area (Å²) < 4.78 is 2.20. The van der Waals surface area contributed by atoms with Gasteiger partial charge in [-0.3, -0.25) is 4.79 Å². The van der Waals surface area contributed by atoms with Gasteiger partial charge in [0.25, 0.3) is 10.7 Å². The summed E-state index contributed by atoms with van der Waals surface area (Å²) in [5, 5.41) is 12.6. The highest BCUT2D eigenvalue weighted by atomic mass is 79.9. The van der Waals surface area contributed by atoms with Crippen molar-refractivity contribution in [2.24, 2.45) is 10.2 Å². The van der Waals surface area contributed by atoms with E-state index in [1.54, 1.807) is 6.92 Å². The lowest BCUT2D eigenvalue weighted by molar-refractivity contribution is 0.885. The van der Waals surface area contributed by atoms with Gasteiger partial charge in [0.05, 0.1) is 5.69 Å². The number of hydrogen-bond donors (Lipinski definition) is 0. The maximum atomic E-state index is 11.7. The third-order valence-corrected chi connectivity index (χ3v) is 3.76. The van der Waals surface area contributed by atoms with Crippen molar-refractivity contribution < 1.29 is 0 Å². The molecule has 0 aliphatic rings. The predicted molar refractivity (Wildman–Crippen MR) is 80.2 cm³/mol. The molecule has 3 aromatic rings. The van der Waals surface area contributed by atoms with Crippen LogP contribution in [0.5, 0.6) is 0 Å². The zero-order valence-electron chi connectivity index (χ0n) is 10.3. The van der Waals surface area contributed by atoms with Crippen LogP contribution in [0.4, 0.5) is 10.8 Å². The predicted octanol–water partition coefficient (Wildman–Crippen LogP) is 3.64. The van der Waals surface area contributed by atoms with Gasteiger partial charge in [0.1, 0.15) is 0 Å². The standard InChI is InChI=1S/C12H8BrN5OS/c1-7-6-10(19)18-12(14-7)20-11(17-18)16-15-9-4-2-8(13)3-5-9/h2-6H,1H3. The van der Waals surface area contributed by atoms with E-state index in [1.165, 1.54) is 21.9 Å². The first-order chi connectivity index (χ1) is 9.61. The molecule has 0 aliphatic carbocycles. The molecule has 1 aromatic carbocycles. The van der Waals surface area contributed by atoms with E-state index in [9.17, 15) is 4.79 Å². The molecule has 0 bridgehead atoms. The lowest BCUT2D eigenvalue weighted by Gasteiger charge is -1.90. The molecule has 6 nitrogen and oxygen atoms in total. The van der Waals surface area contributed by atoms with Crippen LogP contribution in [0.1, 0.15) is 5.69 Å². The number of aromatic nitrogens is 3. The third kappa shape index (κ3) is 2.66. The Kier molecular flexibility index (Phi) is 3.41. The fourth-order valence-corrected chi connectivity index (χ4v) is 2.60. The molecule has 20 heavy (non-hydrogen) atoms. The number of azo groups is 1. The number of rotatable bonds is 2. The third-order valence-electron chi connectivity index (χ3n) is 2.44. The second kappa shape index (κ2) is 5.22. The lowest BCUT2D eigenvalue weighted by Crippen LogP contribution is -2.13. The van der Waals surface area contributed by atoms with Gasteiger partial charge in [-0.2, -0.15) is 4.52 Å². The number of benzene rings is 1. The molecule has 0 amide bonds. The lowest BCUT2D eigenvalue weighted by atomic mass is 10.3. The van der Waals surface area contributed by atoms with E-state index in [0.717, 1.165) is 4.47 Å². The van der Waals surface area contributed by atoms with Crippen LogP contribution >= 0.6 is 27.3 Å². The van der Waals surface area contributed by atoms with Gasteiger partial charge < -0.3 is 0 Å². The molecule has 0 fully saturated rings. The largest absolute Gasteiger partial charge is 0.275 e. The fourth-order valence-electron chi connectivity index (χ4n) is 1.56. The van der Waals surface area contributed by atoms with Crippen LogP contribution in [0.25, 0.3) is 4.96 Å². The Balaban J connectivity index is 1.97. The van der Waals surface area contributed by atoms with Crippen LogP contribution in [-0.4, -0.2) is 14.6 Å². The maximum absolute atomic E-state index is 11.7. The minimum Gasteiger partial charge on any atom is -0.267 e. The minimum atomic E-state index is -0.214. The Morgan fingerprint density at radius 2 is 2.00 bits per heavy atom. The van der Waals surface area contributed by atoms with E-state index < -0.39 is 0 Å². The summed E-state index contributed by atoms with van der Waals surface area (Å²) in [6.07, 6.45) is 0. The zero-order chi connectivity index (χ0) is 14.1. The average molecular weight is 350 g/mol. The molecule has 3 rings (SSSR count). The summed E-state index contributed by atoms with van der Waals surface area (Å²) in [5.74, 6) is 0. The molecule has 0 saturated carbocycles. The Labute approximate surface area is 126 Å². The van der Waals surface area contributed by atoms with Gasteiger partial charge in [0.15, 0.2) is 0 Å². The first kappa shape index (κ1) is 13.1. The normalized spacial score (nSPS) is 11.5. The number of halogens is 1. The zero-order valence-corrected chi connectivity index (χ0v) is 12.7. The van der Waals surface area contributed by atoms with Gasteiger partial charge in [-0.25, -0.2) is 4.98 Å². The quantitative estimate of drug-likeness (QED) is 0.663. The summed E-state index contributed by atoms with van der Waals surface area (Å²) in [6, 6.07) is 8.84. The first-order valence-corrected chi connectivity index (χ1v) is 7.27. The van der Waals surface area contributed by atoms with E-state index in [-0.39, 0.29) is 5.56 Å². The average Bonchev–Trinajstić information content (AvgIpc) is 2.81. The molecular weight excluding hydrogens is 342 g/mol. The Morgan fingerprint density at radius 3 is 2.75 bits per heavy atom. The van der Waals surface area contributed by atoms with Crippen LogP contribution < -0.4 is 5.56 Å². The van der Waals surface area contributed by atoms with E-state index in [0.29, 0.717) is 21.5 Å². The number of hydrogen-bond acceptors (Lipinski definition) is 6. The van der Waals surface area contributed by atoms with Gasteiger partial charge in [-0.05, 0) is 31.2 Å². The van der Waals surface area contributed by atoms with Crippen molar-refractivity contribution in [3.8, 4) is 0 Å². The smallest absolute Gasteiger partial charge is 0.267 e. The summed E-state index contributed by atoms with van der Waals surface area (Å²) >= 11 is 4.57. The van der Waals surface area contributed by atoms with Crippen LogP contribution in [0.3, 0.4) is 0 Å². The molecule has 0 aliphatic heterocycles. The summed E-state index contributed by atoms with van der Waals surface area (Å²) in [7, 11) is 0. The molecule has 0 atom stereocenters. The second-order valence-corrected chi connectivity index (χ2v) is 5.84. The van der Waals surface area contributed by atoms with Crippen molar-refractivity contribution in [1.29, 1.82) is 0 Å². The number of fused-ring (bicyclic) bond motifs is 1. The fraction of sp³-hybridized carbons (Fsp3) is 0.0833. The van der Waals surface area contributed by atoms with Gasteiger partial charge in [0, 0.05) is 16.2 Å². The van der Waals surface area contributed by atoms with E-state index in [1.807, 2.05) is 24.3 Å². The molecule has 0 radical (unpaired) electrons. The number of aryl methyl sites for hydroxylation is 1. The molecule has 100 valence electrons. The van der Waals surface area contributed by atoms with Crippen LogP contribution in [0.2, 0.25) is 0 Å². The monoisotopic (exact) mass is 349 g/mol. The summed E-state index contributed by atoms with van der Waals surface area (Å²) in [5.41, 5.74) is 1.16. The van der Waals surface area contributed by atoms with Crippen LogP contribution in [-0.2, 0) is 0 Å². The highest BCUT2D eigenvalue weighted by Gasteiger charge is 2.06. The van der Waals surface area contributed by atoms with Crippen molar-refractivity contribution in [1.82, 2.24) is 14.6 Å². The maximum Gasteiger partial charge on any atom is 0.275 e. The van der Waals surface area contributed by atoms with Crippen LogP contribution in [0.15, 0.2) is 49.8 Å². The molecule has 0 N–H and O–H groups in total. The molecule has 0 unspecified atom stereocenters. The van der Waals surface area contributed by atoms with Gasteiger partial charge in [-0.1, -0.05) is 27.3 Å². The molecule has 2 heterocycles. The molecule has 2 aromatic heterocycles. The molecular formula is C12H8BrN5OS. The molecule has 0 spiro atoms. The highest BCUT2D eigenvalue weighted by molar-refractivity contribution is 9.10. The van der Waals surface area contributed by atoms with Gasteiger partial charge in [-0.15, -0.1) is 15.3 Å². The minimum absolute atomic E-state index is 0.214. The summed E-state index contributed by atoms with van der Waals surface area (Å²) in [6.45, 7) is 1.77. The second-order valence-electron chi connectivity index (χ2n) is 3.99. The van der Waals surface area contributed by atoms with Crippen molar-refractivity contribution in [3.63, 3.8) is 0 Å². The Morgan fingerprint density at radius 1 is 1.25 bits per heavy atom. The molecule has 0 saturated heterocycles. The van der Waals surface area contributed by atoms with E-state index in [2.05, 4.69) is 36.2 Å². The first-order valence-electron chi connectivity index (χ1n) is 5.67. The highest BCUT2D eigenvalue weighted by Crippen LogP contribution is 2.23. The topological polar surface area (TPSA) is 72.0 Å². The SMILES string of the molecule is Cc1cc(=O)n2nc(N=Nc3ccc(Br)cc3)sc2n1. The molecule has 8 heteroatoms. The van der Waals surface area contributed by atoms with E-state index in [4.69, 9.17) is 0 Å². The van der Waals surface area contributed by atoms with Crippen LogP contribution in [0, 0.1) is 6.92 Å². The van der Waals surface area contributed by atoms with Crippen molar-refractivity contribution in [2.75, 3.05) is 0 Å². The summed E-state index contributed by atoms with van der Waals surface area (Å²) in [4.78, 5) is 16.5. The van der Waals surface area contributed by atoms with E-state index >= 15 is 0 Å². The van der Waals surface area contributed by atoms with Crippen molar-refractivity contribution in [2.45, 2.75) is 6.92 Å². The van der Waals surface area contributed by atoms with Crippen molar-refractivity contribution in [3.05, 3.63) is 50.9 Å². The van der Waals surface area contributed by atoms with Gasteiger partial charge >= 0.3 is 0 Å². The Hall–Kier alpha value is -1.93. The number of nitrogens with zero attached hydrogens (tertiary/aromatic N) is 5.